The highest BCUT2D eigenvalue weighted by Gasteiger charge is 2.21. The molecule has 0 aromatic carbocycles. The third kappa shape index (κ3) is 2.82. The Hall–Kier alpha value is -1.99. The summed E-state index contributed by atoms with van der Waals surface area (Å²) in [5.41, 5.74) is 0. The lowest BCUT2D eigenvalue weighted by Crippen LogP contribution is -2.34. The van der Waals surface area contributed by atoms with Gasteiger partial charge in [-0.15, -0.1) is 11.3 Å². The molecule has 1 aliphatic heterocycles. The van der Waals surface area contributed by atoms with Crippen molar-refractivity contribution in [3.63, 3.8) is 0 Å². The van der Waals surface area contributed by atoms with Gasteiger partial charge >= 0.3 is 0 Å². The van der Waals surface area contributed by atoms with E-state index in [-0.39, 0.29) is 0 Å². The summed E-state index contributed by atoms with van der Waals surface area (Å²) in [6.07, 6.45) is 6.18. The summed E-state index contributed by atoms with van der Waals surface area (Å²) < 4.78 is 2.08. The number of aromatic nitrogens is 5. The Balaban J connectivity index is 1.35. The van der Waals surface area contributed by atoms with Crippen LogP contribution >= 0.6 is 11.3 Å². The molecule has 1 N–H and O–H groups in total. The van der Waals surface area contributed by atoms with Crippen molar-refractivity contribution >= 4 is 11.3 Å². The number of hydrogen-bond acceptors (Lipinski definition) is 5. The van der Waals surface area contributed by atoms with Crippen LogP contribution in [0.3, 0.4) is 0 Å². The zero-order valence-electron chi connectivity index (χ0n) is 12.2. The number of thiophene rings is 1. The number of nitrogens with one attached hydrogen (secondary N) is 1. The van der Waals surface area contributed by atoms with Crippen molar-refractivity contribution in [1.82, 2.24) is 29.9 Å². The molecule has 0 atom stereocenters. The van der Waals surface area contributed by atoms with Gasteiger partial charge in [-0.1, -0.05) is 6.07 Å². The Labute approximate surface area is 132 Å². The molecule has 1 aliphatic rings. The Morgan fingerprint density at radius 2 is 2.18 bits per heavy atom. The second-order valence-corrected chi connectivity index (χ2v) is 6.52. The van der Waals surface area contributed by atoms with E-state index in [1.165, 1.54) is 0 Å². The van der Waals surface area contributed by atoms with Gasteiger partial charge in [-0.25, -0.2) is 4.98 Å². The van der Waals surface area contributed by atoms with Crippen molar-refractivity contribution in [1.29, 1.82) is 0 Å². The Morgan fingerprint density at radius 1 is 1.27 bits per heavy atom. The summed E-state index contributed by atoms with van der Waals surface area (Å²) in [5, 5.41) is 13.8. The normalized spacial score (nSPS) is 17.1. The molecule has 0 spiro atoms. The molecule has 114 valence electrons. The fourth-order valence-corrected chi connectivity index (χ4v) is 3.59. The average Bonchev–Trinajstić information content (AvgIpc) is 3.30. The van der Waals surface area contributed by atoms with Crippen molar-refractivity contribution in [3.8, 4) is 10.7 Å². The summed E-state index contributed by atoms with van der Waals surface area (Å²) in [7, 11) is 0. The summed E-state index contributed by atoms with van der Waals surface area (Å²) in [4.78, 5) is 8.14. The van der Waals surface area contributed by atoms with Gasteiger partial charge in [0.1, 0.15) is 5.82 Å². The minimum Gasteiger partial charge on any atom is -0.296 e. The highest BCUT2D eigenvalue weighted by Crippen LogP contribution is 2.23. The van der Waals surface area contributed by atoms with Crippen LogP contribution in [0.1, 0.15) is 24.7 Å². The molecule has 7 heteroatoms. The highest BCUT2D eigenvalue weighted by molar-refractivity contribution is 7.13. The zero-order valence-corrected chi connectivity index (χ0v) is 13.0. The molecule has 0 amide bonds. The number of H-pyrrole nitrogens is 1. The minimum absolute atomic E-state index is 0.530. The molecule has 3 aromatic heterocycles. The first-order valence-electron chi connectivity index (χ1n) is 7.55. The molecule has 1 fully saturated rings. The van der Waals surface area contributed by atoms with Gasteiger partial charge in [0.05, 0.1) is 17.5 Å². The van der Waals surface area contributed by atoms with Crippen LogP contribution in [0, 0.1) is 0 Å². The maximum Gasteiger partial charge on any atom is 0.191 e. The summed E-state index contributed by atoms with van der Waals surface area (Å²) in [6.45, 7) is 2.98. The number of aromatic amines is 1. The van der Waals surface area contributed by atoms with E-state index in [0.717, 1.165) is 49.0 Å². The molecule has 0 radical (unpaired) electrons. The molecule has 0 saturated carbocycles. The van der Waals surface area contributed by atoms with E-state index in [9.17, 15) is 0 Å². The summed E-state index contributed by atoms with van der Waals surface area (Å²) in [6, 6.07) is 6.60. The van der Waals surface area contributed by atoms with E-state index in [1.807, 2.05) is 29.8 Å². The second-order valence-electron chi connectivity index (χ2n) is 5.58. The fraction of sp³-hybridized carbons (Fsp3) is 0.400. The number of hydrogen-bond donors (Lipinski definition) is 1. The number of likely N-dealkylation sites (tertiary alicyclic amines) is 1. The molecule has 3 aromatic rings. The van der Waals surface area contributed by atoms with E-state index >= 15 is 0 Å². The van der Waals surface area contributed by atoms with Crippen LogP contribution in [-0.2, 0) is 6.54 Å². The van der Waals surface area contributed by atoms with Gasteiger partial charge < -0.3 is 0 Å². The molecular formula is C15H18N6S. The number of rotatable bonds is 4. The van der Waals surface area contributed by atoms with Gasteiger partial charge in [-0.2, -0.15) is 10.2 Å². The van der Waals surface area contributed by atoms with Crippen LogP contribution in [-0.4, -0.2) is 43.0 Å². The summed E-state index contributed by atoms with van der Waals surface area (Å²) >= 11 is 1.67. The van der Waals surface area contributed by atoms with Crippen LogP contribution in [0.5, 0.6) is 0 Å². The SMILES string of the molecule is c1csc(-c2n[nH]c(CN3CCC(n4cccn4)CC3)n2)c1. The lowest BCUT2D eigenvalue weighted by molar-refractivity contribution is 0.170. The van der Waals surface area contributed by atoms with Gasteiger partial charge in [-0.3, -0.25) is 14.7 Å². The molecule has 22 heavy (non-hydrogen) atoms. The quantitative estimate of drug-likeness (QED) is 0.804. The van der Waals surface area contributed by atoms with Crippen LogP contribution in [0.2, 0.25) is 0 Å². The topological polar surface area (TPSA) is 62.6 Å². The van der Waals surface area contributed by atoms with E-state index in [0.29, 0.717) is 6.04 Å². The van der Waals surface area contributed by atoms with Gasteiger partial charge in [0.25, 0.3) is 0 Å². The van der Waals surface area contributed by atoms with Gasteiger partial charge in [-0.05, 0) is 30.4 Å². The first kappa shape index (κ1) is 13.7. The van der Waals surface area contributed by atoms with E-state index in [4.69, 9.17) is 0 Å². The molecular weight excluding hydrogens is 296 g/mol. The van der Waals surface area contributed by atoms with E-state index in [2.05, 4.69) is 36.1 Å². The monoisotopic (exact) mass is 314 g/mol. The third-order valence-corrected chi connectivity index (χ3v) is 4.97. The smallest absolute Gasteiger partial charge is 0.191 e. The summed E-state index contributed by atoms with van der Waals surface area (Å²) in [5.74, 6) is 1.75. The first-order valence-corrected chi connectivity index (χ1v) is 8.43. The molecule has 6 nitrogen and oxygen atoms in total. The highest BCUT2D eigenvalue weighted by atomic mass is 32.1. The molecule has 0 unspecified atom stereocenters. The van der Waals surface area contributed by atoms with Gasteiger partial charge in [0.2, 0.25) is 0 Å². The van der Waals surface area contributed by atoms with Crippen molar-refractivity contribution in [2.45, 2.75) is 25.4 Å². The number of nitrogens with zero attached hydrogens (tertiary/aromatic N) is 5. The van der Waals surface area contributed by atoms with Crippen molar-refractivity contribution < 1.29 is 0 Å². The predicted octanol–water partition coefficient (Wildman–Crippen LogP) is 2.57. The van der Waals surface area contributed by atoms with Crippen molar-refractivity contribution in [2.24, 2.45) is 0 Å². The lowest BCUT2D eigenvalue weighted by atomic mass is 10.1. The minimum atomic E-state index is 0.530. The van der Waals surface area contributed by atoms with Crippen LogP contribution in [0.25, 0.3) is 10.7 Å². The maximum atomic E-state index is 4.60. The average molecular weight is 314 g/mol. The molecule has 4 rings (SSSR count). The zero-order chi connectivity index (χ0) is 14.8. The molecule has 1 saturated heterocycles. The Bertz CT molecular complexity index is 694. The van der Waals surface area contributed by atoms with E-state index < -0.39 is 0 Å². The number of piperidine rings is 1. The third-order valence-electron chi connectivity index (χ3n) is 4.10. The van der Waals surface area contributed by atoms with E-state index in [1.54, 1.807) is 11.3 Å². The fourth-order valence-electron chi connectivity index (χ4n) is 2.93. The van der Waals surface area contributed by atoms with Crippen LogP contribution in [0.4, 0.5) is 0 Å². The van der Waals surface area contributed by atoms with Gasteiger partial charge in [0, 0.05) is 25.5 Å². The molecule has 4 heterocycles. The van der Waals surface area contributed by atoms with Gasteiger partial charge in [0.15, 0.2) is 5.82 Å². The maximum absolute atomic E-state index is 4.60. The van der Waals surface area contributed by atoms with Crippen LogP contribution in [0.15, 0.2) is 36.0 Å². The Morgan fingerprint density at radius 3 is 2.91 bits per heavy atom. The lowest BCUT2D eigenvalue weighted by Gasteiger charge is -2.31. The molecule has 0 bridgehead atoms. The first-order chi connectivity index (χ1) is 10.9. The standard InChI is InChI=1S/C15H18N6S/c1-3-13(22-10-1)15-17-14(18-19-15)11-20-8-4-12(5-9-20)21-7-2-6-16-21/h1-3,6-7,10,12H,4-5,8-9,11H2,(H,17,18,19). The van der Waals surface area contributed by atoms with Crippen LogP contribution < -0.4 is 0 Å². The molecule has 0 aliphatic carbocycles. The van der Waals surface area contributed by atoms with Crippen molar-refractivity contribution in [3.05, 3.63) is 41.8 Å². The largest absolute Gasteiger partial charge is 0.296 e. The second kappa shape index (κ2) is 6.02. The Kier molecular flexibility index (Phi) is 3.74. The predicted molar refractivity (Wildman–Crippen MR) is 85.5 cm³/mol. The van der Waals surface area contributed by atoms with Crippen molar-refractivity contribution in [2.75, 3.05) is 13.1 Å².